The first kappa shape index (κ1) is 30.0. The lowest BCUT2D eigenvalue weighted by Crippen LogP contribution is -2.00. The fourth-order valence-corrected chi connectivity index (χ4v) is 6.45. The van der Waals surface area contributed by atoms with Crippen molar-refractivity contribution in [2.24, 2.45) is 0 Å². The van der Waals surface area contributed by atoms with E-state index in [2.05, 4.69) is 88.6 Å². The van der Waals surface area contributed by atoms with Gasteiger partial charge >= 0.3 is 0 Å². The lowest BCUT2D eigenvalue weighted by Gasteiger charge is -2.11. The molecule has 49 heavy (non-hydrogen) atoms. The molecule has 0 unspecified atom stereocenters. The fraction of sp³-hybridized carbons (Fsp3) is 0.0952. The predicted octanol–water partition coefficient (Wildman–Crippen LogP) is 10.5. The van der Waals surface area contributed by atoms with Crippen LogP contribution in [-0.4, -0.2) is 24.5 Å². The fourth-order valence-electron chi connectivity index (χ4n) is 6.45. The molecule has 0 aliphatic heterocycles. The van der Waals surface area contributed by atoms with E-state index in [1.165, 1.54) is 0 Å². The van der Waals surface area contributed by atoms with Gasteiger partial charge in [0.1, 0.15) is 23.0 Å². The molecule has 0 amide bonds. The Balaban J connectivity index is 1.17. The average Bonchev–Trinajstić information content (AvgIpc) is 3.41. The summed E-state index contributed by atoms with van der Waals surface area (Å²) in [6.07, 6.45) is 7.29. The Labute approximate surface area is 284 Å². The highest BCUT2D eigenvalue weighted by Gasteiger charge is 2.17. The molecule has 4 heterocycles. The lowest BCUT2D eigenvalue weighted by atomic mass is 10.1. The van der Waals surface area contributed by atoms with Gasteiger partial charge < -0.3 is 9.47 Å². The molecule has 0 fully saturated rings. The minimum Gasteiger partial charge on any atom is -0.457 e. The molecule has 0 saturated carbocycles. The van der Waals surface area contributed by atoms with Crippen molar-refractivity contribution >= 4 is 21.8 Å². The standard InChI is InChI=1S/C42H33N5O2/c1-26-18-28(3)40(45-24-26)30-8-5-10-32(20-30)48-34-12-14-36-37-15-13-35(23-39(37)47(38(36)22-34)42-43-16-7-17-44-42)49-33-11-6-9-31(21-33)41-29(4)19-27(2)25-46-41/h5-25H,1-4H3. The maximum absolute atomic E-state index is 6.45. The zero-order chi connectivity index (χ0) is 33.5. The van der Waals surface area contributed by atoms with Crippen LogP contribution in [0.2, 0.25) is 0 Å². The molecule has 0 saturated heterocycles. The molecule has 7 nitrogen and oxygen atoms in total. The van der Waals surface area contributed by atoms with E-state index in [-0.39, 0.29) is 0 Å². The number of fused-ring (bicyclic) bond motifs is 3. The molecule has 8 aromatic rings. The molecule has 0 N–H and O–H groups in total. The van der Waals surface area contributed by atoms with E-state index in [1.54, 1.807) is 12.4 Å². The van der Waals surface area contributed by atoms with Gasteiger partial charge in [0, 0.05) is 58.8 Å². The predicted molar refractivity (Wildman–Crippen MR) is 195 cm³/mol. The van der Waals surface area contributed by atoms with Gasteiger partial charge in [-0.1, -0.05) is 36.4 Å². The number of hydrogen-bond donors (Lipinski definition) is 0. The average molecular weight is 640 g/mol. The summed E-state index contributed by atoms with van der Waals surface area (Å²) in [6.45, 7) is 8.27. The van der Waals surface area contributed by atoms with E-state index in [0.717, 1.165) is 78.1 Å². The lowest BCUT2D eigenvalue weighted by molar-refractivity contribution is 0.483. The summed E-state index contributed by atoms with van der Waals surface area (Å²) in [5, 5.41) is 2.11. The van der Waals surface area contributed by atoms with Crippen LogP contribution in [-0.2, 0) is 0 Å². The van der Waals surface area contributed by atoms with Gasteiger partial charge in [0.2, 0.25) is 5.95 Å². The van der Waals surface area contributed by atoms with Crippen molar-refractivity contribution in [2.45, 2.75) is 27.7 Å². The van der Waals surface area contributed by atoms with Crippen molar-refractivity contribution in [2.75, 3.05) is 0 Å². The van der Waals surface area contributed by atoms with Crippen molar-refractivity contribution in [3.8, 4) is 51.5 Å². The third kappa shape index (κ3) is 5.87. The van der Waals surface area contributed by atoms with Crippen molar-refractivity contribution in [1.29, 1.82) is 0 Å². The summed E-state index contributed by atoms with van der Waals surface area (Å²) < 4.78 is 15.0. The number of aryl methyl sites for hydroxylation is 4. The zero-order valence-corrected chi connectivity index (χ0v) is 27.7. The molecular formula is C42H33N5O2. The van der Waals surface area contributed by atoms with Crippen LogP contribution in [0.15, 0.2) is 128 Å². The van der Waals surface area contributed by atoms with E-state index in [4.69, 9.17) is 9.47 Å². The molecule has 8 rings (SSSR count). The van der Waals surface area contributed by atoms with E-state index < -0.39 is 0 Å². The summed E-state index contributed by atoms with van der Waals surface area (Å²) >= 11 is 0. The third-order valence-electron chi connectivity index (χ3n) is 8.58. The molecular weight excluding hydrogens is 606 g/mol. The monoisotopic (exact) mass is 639 g/mol. The normalized spacial score (nSPS) is 11.3. The summed E-state index contributed by atoms with van der Waals surface area (Å²) in [5.41, 5.74) is 10.3. The second-order valence-corrected chi connectivity index (χ2v) is 12.4. The number of rotatable bonds is 7. The highest BCUT2D eigenvalue weighted by Crippen LogP contribution is 2.38. The van der Waals surface area contributed by atoms with Gasteiger partial charge in [0.15, 0.2) is 0 Å². The van der Waals surface area contributed by atoms with E-state index in [9.17, 15) is 0 Å². The van der Waals surface area contributed by atoms with Crippen LogP contribution in [0.3, 0.4) is 0 Å². The number of pyridine rings is 2. The number of aromatic nitrogens is 5. The maximum atomic E-state index is 6.45. The largest absolute Gasteiger partial charge is 0.457 e. The van der Waals surface area contributed by atoms with Crippen LogP contribution in [0.4, 0.5) is 0 Å². The Morgan fingerprint density at radius 1 is 0.469 bits per heavy atom. The van der Waals surface area contributed by atoms with Crippen LogP contribution in [0.1, 0.15) is 22.3 Å². The molecule has 4 aromatic carbocycles. The van der Waals surface area contributed by atoms with Gasteiger partial charge in [-0.3, -0.25) is 14.5 Å². The molecule has 0 aliphatic rings. The minimum absolute atomic E-state index is 0.558. The van der Waals surface area contributed by atoms with Gasteiger partial charge in [-0.15, -0.1) is 0 Å². The quantitative estimate of drug-likeness (QED) is 0.173. The Kier molecular flexibility index (Phi) is 7.57. The zero-order valence-electron chi connectivity index (χ0n) is 27.7. The Morgan fingerprint density at radius 2 is 0.939 bits per heavy atom. The van der Waals surface area contributed by atoms with E-state index >= 15 is 0 Å². The Morgan fingerprint density at radius 3 is 1.41 bits per heavy atom. The van der Waals surface area contributed by atoms with Gasteiger partial charge in [0.25, 0.3) is 0 Å². The van der Waals surface area contributed by atoms with Gasteiger partial charge in [-0.25, -0.2) is 9.97 Å². The number of nitrogens with zero attached hydrogens (tertiary/aromatic N) is 5. The van der Waals surface area contributed by atoms with Gasteiger partial charge in [-0.05, 0) is 105 Å². The smallest absolute Gasteiger partial charge is 0.234 e. The molecule has 0 spiro atoms. The highest BCUT2D eigenvalue weighted by molar-refractivity contribution is 6.09. The molecule has 7 heteroatoms. The summed E-state index contributed by atoms with van der Waals surface area (Å²) in [5.74, 6) is 3.41. The summed E-state index contributed by atoms with van der Waals surface area (Å²) in [6, 6.07) is 34.4. The number of hydrogen-bond acceptors (Lipinski definition) is 6. The van der Waals surface area contributed by atoms with Crippen LogP contribution < -0.4 is 9.47 Å². The highest BCUT2D eigenvalue weighted by atomic mass is 16.5. The third-order valence-corrected chi connectivity index (χ3v) is 8.58. The maximum Gasteiger partial charge on any atom is 0.234 e. The van der Waals surface area contributed by atoms with Crippen LogP contribution in [0.25, 0.3) is 50.3 Å². The minimum atomic E-state index is 0.558. The first-order chi connectivity index (χ1) is 23.9. The number of ether oxygens (including phenoxy) is 2. The molecule has 0 aliphatic carbocycles. The van der Waals surface area contributed by atoms with Crippen molar-refractivity contribution < 1.29 is 9.47 Å². The second kappa shape index (κ2) is 12.4. The summed E-state index contributed by atoms with van der Waals surface area (Å²) in [4.78, 5) is 18.6. The molecule has 238 valence electrons. The molecule has 4 aromatic heterocycles. The first-order valence-corrected chi connectivity index (χ1v) is 16.2. The van der Waals surface area contributed by atoms with Crippen molar-refractivity contribution in [3.05, 3.63) is 150 Å². The van der Waals surface area contributed by atoms with Crippen LogP contribution in [0.5, 0.6) is 23.0 Å². The van der Waals surface area contributed by atoms with Gasteiger partial charge in [0.05, 0.1) is 22.4 Å². The van der Waals surface area contributed by atoms with E-state index in [0.29, 0.717) is 17.4 Å². The van der Waals surface area contributed by atoms with Crippen molar-refractivity contribution in [3.63, 3.8) is 0 Å². The van der Waals surface area contributed by atoms with Crippen molar-refractivity contribution in [1.82, 2.24) is 24.5 Å². The van der Waals surface area contributed by atoms with Gasteiger partial charge in [-0.2, -0.15) is 0 Å². The van der Waals surface area contributed by atoms with E-state index in [1.807, 2.05) is 79.1 Å². The molecule has 0 bridgehead atoms. The van der Waals surface area contributed by atoms with Crippen LogP contribution >= 0.6 is 0 Å². The topological polar surface area (TPSA) is 75.0 Å². The molecule has 0 radical (unpaired) electrons. The second-order valence-electron chi connectivity index (χ2n) is 12.4. The Bertz CT molecular complexity index is 2350. The SMILES string of the molecule is Cc1cnc(-c2cccc(Oc3ccc4c5ccc(Oc6cccc(-c7ncc(C)cc7C)c6)cc5n(-c5ncccn5)c4c3)c2)c(C)c1. The Hall–Kier alpha value is -6.34. The number of benzene rings is 4. The molecule has 0 atom stereocenters. The summed E-state index contributed by atoms with van der Waals surface area (Å²) in [7, 11) is 0. The van der Waals surface area contributed by atoms with Crippen LogP contribution in [0, 0.1) is 27.7 Å². The first-order valence-electron chi connectivity index (χ1n) is 16.2.